The lowest BCUT2D eigenvalue weighted by atomic mass is 10.1. The van der Waals surface area contributed by atoms with Gasteiger partial charge < -0.3 is 19.1 Å². The van der Waals surface area contributed by atoms with Crippen LogP contribution in [0.5, 0.6) is 11.5 Å². The molecule has 0 fully saturated rings. The molecule has 0 spiro atoms. The van der Waals surface area contributed by atoms with Crippen LogP contribution in [0.15, 0.2) is 94.2 Å². The van der Waals surface area contributed by atoms with Crippen molar-refractivity contribution in [3.63, 3.8) is 0 Å². The molecule has 8 nitrogen and oxygen atoms in total. The minimum absolute atomic E-state index is 0.0809. The van der Waals surface area contributed by atoms with Gasteiger partial charge in [-0.05, 0) is 74.0 Å². The number of benzene rings is 3. The zero-order valence-electron chi connectivity index (χ0n) is 20.6. The predicted molar refractivity (Wildman–Crippen MR) is 146 cm³/mol. The fourth-order valence-corrected chi connectivity index (χ4v) is 4.16. The van der Waals surface area contributed by atoms with Gasteiger partial charge in [-0.1, -0.05) is 41.0 Å². The Morgan fingerprint density at radius 2 is 1.71 bits per heavy atom. The highest BCUT2D eigenvalue weighted by Gasteiger charge is 2.20. The van der Waals surface area contributed by atoms with E-state index >= 15 is 0 Å². The summed E-state index contributed by atoms with van der Waals surface area (Å²) in [5.74, 6) is 1.31. The lowest BCUT2D eigenvalue weighted by Gasteiger charge is -2.13. The Kier molecular flexibility index (Phi) is 7.06. The van der Waals surface area contributed by atoms with Gasteiger partial charge in [0.1, 0.15) is 23.6 Å². The molecule has 38 heavy (non-hydrogen) atoms. The maximum atomic E-state index is 13.5. The van der Waals surface area contributed by atoms with Crippen LogP contribution in [-0.2, 0) is 11.3 Å². The van der Waals surface area contributed by atoms with Crippen LogP contribution in [0.1, 0.15) is 11.3 Å². The third-order valence-electron chi connectivity index (χ3n) is 5.85. The van der Waals surface area contributed by atoms with Gasteiger partial charge in [-0.15, -0.1) is 0 Å². The SMILES string of the molecule is Cc1cc(C)n(CC(=O)Nc2cccc(Oc3ccccc3)c2)c(=O)c1-c1nc(-c2ccc(Cl)cc2)no1. The monoisotopic (exact) mass is 526 g/mol. The minimum atomic E-state index is -0.398. The van der Waals surface area contributed by atoms with Gasteiger partial charge in [-0.3, -0.25) is 9.59 Å². The molecule has 1 N–H and O–H groups in total. The number of ether oxygens (including phenoxy) is 1. The maximum absolute atomic E-state index is 13.5. The third kappa shape index (κ3) is 5.50. The summed E-state index contributed by atoms with van der Waals surface area (Å²) in [6.45, 7) is 3.37. The second-order valence-electron chi connectivity index (χ2n) is 8.66. The van der Waals surface area contributed by atoms with E-state index in [2.05, 4.69) is 15.5 Å². The van der Waals surface area contributed by atoms with E-state index in [1.165, 1.54) is 4.57 Å². The van der Waals surface area contributed by atoms with Crippen molar-refractivity contribution >= 4 is 23.2 Å². The second kappa shape index (κ2) is 10.7. The summed E-state index contributed by atoms with van der Waals surface area (Å²) in [7, 11) is 0. The number of amides is 1. The van der Waals surface area contributed by atoms with Crippen LogP contribution >= 0.6 is 11.6 Å². The minimum Gasteiger partial charge on any atom is -0.457 e. The highest BCUT2D eigenvalue weighted by molar-refractivity contribution is 6.30. The Morgan fingerprint density at radius 1 is 0.974 bits per heavy atom. The molecule has 2 aromatic heterocycles. The average Bonchev–Trinajstić information content (AvgIpc) is 3.37. The number of halogens is 1. The number of anilines is 1. The molecule has 0 aliphatic rings. The van der Waals surface area contributed by atoms with Gasteiger partial charge in [-0.2, -0.15) is 4.98 Å². The summed E-state index contributed by atoms with van der Waals surface area (Å²) in [5.41, 5.74) is 2.39. The van der Waals surface area contributed by atoms with Gasteiger partial charge in [0.2, 0.25) is 11.7 Å². The van der Waals surface area contributed by atoms with Crippen molar-refractivity contribution < 1.29 is 14.1 Å². The van der Waals surface area contributed by atoms with E-state index in [1.54, 1.807) is 62.4 Å². The van der Waals surface area contributed by atoms with Crippen molar-refractivity contribution in [2.24, 2.45) is 0 Å². The van der Waals surface area contributed by atoms with Gasteiger partial charge in [0.15, 0.2) is 0 Å². The molecule has 0 unspecified atom stereocenters. The number of pyridine rings is 1. The molecule has 0 atom stereocenters. The summed E-state index contributed by atoms with van der Waals surface area (Å²) in [5, 5.41) is 7.43. The quantitative estimate of drug-likeness (QED) is 0.268. The highest BCUT2D eigenvalue weighted by Crippen LogP contribution is 2.25. The Balaban J connectivity index is 1.36. The summed E-state index contributed by atoms with van der Waals surface area (Å²) < 4.78 is 12.7. The van der Waals surface area contributed by atoms with E-state index in [-0.39, 0.29) is 23.9 Å². The van der Waals surface area contributed by atoms with E-state index in [1.807, 2.05) is 36.4 Å². The number of carbonyl (C=O) groups excluding carboxylic acids is 1. The summed E-state index contributed by atoms with van der Waals surface area (Å²) in [6.07, 6.45) is 0. The van der Waals surface area contributed by atoms with Crippen LogP contribution in [0.2, 0.25) is 5.02 Å². The first-order valence-corrected chi connectivity index (χ1v) is 12.2. The number of aryl methyl sites for hydroxylation is 2. The lowest BCUT2D eigenvalue weighted by molar-refractivity contribution is -0.116. The molecular weight excluding hydrogens is 504 g/mol. The Morgan fingerprint density at radius 3 is 2.47 bits per heavy atom. The maximum Gasteiger partial charge on any atom is 0.264 e. The average molecular weight is 527 g/mol. The molecule has 0 saturated carbocycles. The van der Waals surface area contributed by atoms with E-state index in [9.17, 15) is 9.59 Å². The molecule has 3 aromatic carbocycles. The fourth-order valence-electron chi connectivity index (χ4n) is 4.03. The molecular formula is C29H23ClN4O4. The van der Waals surface area contributed by atoms with E-state index < -0.39 is 5.56 Å². The number of aromatic nitrogens is 3. The number of rotatable bonds is 7. The topological polar surface area (TPSA) is 99.2 Å². The largest absolute Gasteiger partial charge is 0.457 e. The van der Waals surface area contributed by atoms with Crippen molar-refractivity contribution in [1.82, 2.24) is 14.7 Å². The zero-order valence-corrected chi connectivity index (χ0v) is 21.4. The molecule has 0 saturated heterocycles. The Bertz CT molecular complexity index is 1660. The number of nitrogens with one attached hydrogen (secondary N) is 1. The molecule has 0 aliphatic carbocycles. The lowest BCUT2D eigenvalue weighted by Crippen LogP contribution is -2.30. The molecule has 5 aromatic rings. The van der Waals surface area contributed by atoms with Crippen LogP contribution in [-0.4, -0.2) is 20.6 Å². The molecule has 5 rings (SSSR count). The number of hydrogen-bond acceptors (Lipinski definition) is 6. The normalized spacial score (nSPS) is 10.8. The molecule has 2 heterocycles. The smallest absolute Gasteiger partial charge is 0.264 e. The van der Waals surface area contributed by atoms with Crippen LogP contribution < -0.4 is 15.6 Å². The van der Waals surface area contributed by atoms with Gasteiger partial charge >= 0.3 is 0 Å². The number of nitrogens with zero attached hydrogens (tertiary/aromatic N) is 3. The number of carbonyl (C=O) groups is 1. The van der Waals surface area contributed by atoms with Crippen molar-refractivity contribution in [3.8, 4) is 34.3 Å². The van der Waals surface area contributed by atoms with E-state index in [4.69, 9.17) is 20.9 Å². The van der Waals surface area contributed by atoms with Crippen LogP contribution in [0, 0.1) is 13.8 Å². The van der Waals surface area contributed by atoms with Gasteiger partial charge in [0, 0.05) is 28.0 Å². The molecule has 9 heteroatoms. The first-order valence-electron chi connectivity index (χ1n) is 11.8. The first kappa shape index (κ1) is 25.0. The molecule has 0 aliphatic heterocycles. The zero-order chi connectivity index (χ0) is 26.6. The Labute approximate surface area is 223 Å². The van der Waals surface area contributed by atoms with Crippen LogP contribution in [0.25, 0.3) is 22.8 Å². The molecule has 0 radical (unpaired) electrons. The fraction of sp³-hybridized carbons (Fsp3) is 0.103. The standard InChI is InChI=1S/C29H23ClN4O4/c1-18-15-19(2)34(29(36)26(18)28-32-27(33-38-28)20-11-13-21(30)14-12-20)17-25(35)31-22-7-6-10-24(16-22)37-23-8-4-3-5-9-23/h3-16H,17H2,1-2H3,(H,31,35). The van der Waals surface area contributed by atoms with Gasteiger partial charge in [-0.25, -0.2) is 0 Å². The summed E-state index contributed by atoms with van der Waals surface area (Å²) in [4.78, 5) is 30.8. The van der Waals surface area contributed by atoms with Crippen molar-refractivity contribution in [2.45, 2.75) is 20.4 Å². The molecule has 1 amide bonds. The van der Waals surface area contributed by atoms with E-state index in [0.29, 0.717) is 44.9 Å². The predicted octanol–water partition coefficient (Wildman–Crippen LogP) is 6.27. The van der Waals surface area contributed by atoms with E-state index in [0.717, 1.165) is 0 Å². The third-order valence-corrected chi connectivity index (χ3v) is 6.10. The van der Waals surface area contributed by atoms with Crippen LogP contribution in [0.4, 0.5) is 5.69 Å². The molecule has 190 valence electrons. The van der Waals surface area contributed by atoms with Crippen molar-refractivity contribution in [2.75, 3.05) is 5.32 Å². The van der Waals surface area contributed by atoms with Gasteiger partial charge in [0.25, 0.3) is 11.4 Å². The number of hydrogen-bond donors (Lipinski definition) is 1. The second-order valence-corrected chi connectivity index (χ2v) is 9.09. The van der Waals surface area contributed by atoms with Gasteiger partial charge in [0.05, 0.1) is 0 Å². The highest BCUT2D eigenvalue weighted by atomic mass is 35.5. The van der Waals surface area contributed by atoms with Crippen molar-refractivity contribution in [1.29, 1.82) is 0 Å². The first-order chi connectivity index (χ1) is 18.4. The summed E-state index contributed by atoms with van der Waals surface area (Å²) in [6, 6.07) is 25.2. The Hall–Kier alpha value is -4.69. The number of para-hydroxylation sites is 1. The van der Waals surface area contributed by atoms with Crippen LogP contribution in [0.3, 0.4) is 0 Å². The summed E-state index contributed by atoms with van der Waals surface area (Å²) >= 11 is 5.96. The molecule has 0 bridgehead atoms. The van der Waals surface area contributed by atoms with Crippen molar-refractivity contribution in [3.05, 3.63) is 112 Å².